The Kier molecular flexibility index (Phi) is 12.8. The maximum Gasteiger partial charge on any atom is 0.373 e. The zero-order valence-electron chi connectivity index (χ0n) is 2.98. The van der Waals surface area contributed by atoms with Crippen LogP contribution in [-0.4, -0.2) is 10.9 Å². The van der Waals surface area contributed by atoms with Crippen molar-refractivity contribution in [1.82, 2.24) is 0 Å². The van der Waals surface area contributed by atoms with Crippen molar-refractivity contribution in [3.63, 3.8) is 0 Å². The first-order valence-electron chi connectivity index (χ1n) is 0.990. The summed E-state index contributed by atoms with van der Waals surface area (Å²) in [5, 5.41) is 0. The van der Waals surface area contributed by atoms with E-state index in [2.05, 4.69) is 23.2 Å². The van der Waals surface area contributed by atoms with Crippen LogP contribution in [0.4, 0.5) is 4.79 Å². The molecule has 0 fully saturated rings. The van der Waals surface area contributed by atoms with Crippen LogP contribution in [0.2, 0.25) is 0 Å². The summed E-state index contributed by atoms with van der Waals surface area (Å²) in [6.07, 6.45) is 0.250. The van der Waals surface area contributed by atoms with Gasteiger partial charge >= 0.3 is 10.9 Å². The molecule has 0 saturated carbocycles. The Bertz CT molecular complexity index is 78.9. The molecular formula is C2Cl2O3. The molecule has 0 aromatic heterocycles. The van der Waals surface area contributed by atoms with E-state index in [1.54, 1.807) is 0 Å². The minimum Gasteiger partial charge on any atom is -0.262 e. The maximum absolute atomic E-state index is 8.98. The minimum absolute atomic E-state index is 0.250. The molecule has 0 aliphatic heterocycles. The molecule has 0 bridgehead atoms. The lowest BCUT2D eigenvalue weighted by Crippen LogP contribution is -1.46. The third-order valence-electron chi connectivity index (χ3n) is 0. The van der Waals surface area contributed by atoms with E-state index in [0.29, 0.717) is 0 Å². The third-order valence-corrected chi connectivity index (χ3v) is 0. The van der Waals surface area contributed by atoms with Gasteiger partial charge in [-0.25, -0.2) is 0 Å². The first kappa shape index (κ1) is 9.80. The van der Waals surface area contributed by atoms with Crippen molar-refractivity contribution < 1.29 is 14.4 Å². The van der Waals surface area contributed by atoms with Gasteiger partial charge in [0.15, 0.2) is 0 Å². The summed E-state index contributed by atoms with van der Waals surface area (Å²) < 4.78 is -0.889. The number of carbonyl (C=O) groups is 1. The largest absolute Gasteiger partial charge is 0.373 e. The van der Waals surface area contributed by atoms with Crippen LogP contribution in [0.3, 0.4) is 0 Å². The monoisotopic (exact) mass is 142 g/mol. The highest BCUT2D eigenvalue weighted by Crippen LogP contribution is 1.84. The Hall–Kier alpha value is -0.370. The molecule has 0 spiro atoms. The summed E-state index contributed by atoms with van der Waals surface area (Å²) in [5.74, 6) is 0. The van der Waals surface area contributed by atoms with Crippen LogP contribution < -0.4 is 0 Å². The fraction of sp³-hybridized carbons (Fsp3) is 0. The van der Waals surface area contributed by atoms with Crippen LogP contribution in [0.5, 0.6) is 0 Å². The molecule has 0 atom stereocenters. The van der Waals surface area contributed by atoms with Crippen molar-refractivity contribution in [3.8, 4) is 0 Å². The van der Waals surface area contributed by atoms with Gasteiger partial charge in [0.2, 0.25) is 0 Å². The number of halogens is 2. The molecule has 0 saturated heterocycles. The molecule has 5 heteroatoms. The lowest BCUT2D eigenvalue weighted by atomic mass is 11.8. The summed E-state index contributed by atoms with van der Waals surface area (Å²) >= 11 is 8.80. The van der Waals surface area contributed by atoms with Crippen molar-refractivity contribution in [2.75, 3.05) is 0 Å². The van der Waals surface area contributed by atoms with Gasteiger partial charge in [-0.1, -0.05) is 0 Å². The highest BCUT2D eigenvalue weighted by Gasteiger charge is 1.72. The van der Waals surface area contributed by atoms with E-state index in [-0.39, 0.29) is 6.15 Å². The quantitative estimate of drug-likeness (QED) is 0.475. The van der Waals surface area contributed by atoms with Gasteiger partial charge in [-0.05, 0) is 23.2 Å². The van der Waals surface area contributed by atoms with E-state index in [0.717, 1.165) is 0 Å². The molecule has 0 aliphatic rings. The molecule has 0 amide bonds. The Balaban J connectivity index is 0. The second-order valence-electron chi connectivity index (χ2n) is 0.309. The van der Waals surface area contributed by atoms with Crippen molar-refractivity contribution in [3.05, 3.63) is 0 Å². The highest BCUT2D eigenvalue weighted by atomic mass is 35.5. The highest BCUT2D eigenvalue weighted by molar-refractivity contribution is 6.93. The van der Waals surface area contributed by atoms with E-state index in [1.807, 2.05) is 0 Å². The van der Waals surface area contributed by atoms with Gasteiger partial charge in [-0.3, -0.25) is 4.79 Å². The molecular weight excluding hydrogens is 143 g/mol. The third kappa shape index (κ3) is 542. The van der Waals surface area contributed by atoms with E-state index < -0.39 is 4.70 Å². The fourth-order valence-electron chi connectivity index (χ4n) is 0. The van der Waals surface area contributed by atoms with Gasteiger partial charge < -0.3 is 0 Å². The summed E-state index contributed by atoms with van der Waals surface area (Å²) in [5.41, 5.74) is 0. The molecule has 7 heavy (non-hydrogen) atoms. The fourth-order valence-corrected chi connectivity index (χ4v) is 0. The maximum atomic E-state index is 8.98. The lowest BCUT2D eigenvalue weighted by Gasteiger charge is -1.48. The lowest BCUT2D eigenvalue weighted by molar-refractivity contribution is -0.191. The molecule has 0 aliphatic carbocycles. The topological polar surface area (TPSA) is 51.2 Å². The van der Waals surface area contributed by atoms with Crippen molar-refractivity contribution in [1.29, 1.82) is 0 Å². The van der Waals surface area contributed by atoms with Crippen molar-refractivity contribution >= 4 is 34.1 Å². The molecule has 0 aromatic rings. The van der Waals surface area contributed by atoms with Crippen LogP contribution in [0.15, 0.2) is 0 Å². The van der Waals surface area contributed by atoms with Gasteiger partial charge in [-0.15, -0.1) is 0 Å². The van der Waals surface area contributed by atoms with Gasteiger partial charge in [0, 0.05) is 0 Å². The van der Waals surface area contributed by atoms with E-state index in [9.17, 15) is 0 Å². The molecule has 0 unspecified atom stereocenters. The Morgan fingerprint density at radius 3 is 1.29 bits per heavy atom. The van der Waals surface area contributed by atoms with E-state index in [4.69, 9.17) is 14.4 Å². The standard InChI is InChI=1S/CCl2O.CO2/c2-1(3)4;2-1-3. The van der Waals surface area contributed by atoms with Crippen LogP contribution in [0, 0.1) is 0 Å². The van der Waals surface area contributed by atoms with Crippen molar-refractivity contribution in [2.24, 2.45) is 0 Å². The van der Waals surface area contributed by atoms with E-state index in [1.165, 1.54) is 0 Å². The van der Waals surface area contributed by atoms with Crippen LogP contribution in [0.25, 0.3) is 0 Å². The molecule has 0 radical (unpaired) electrons. The first-order valence-corrected chi connectivity index (χ1v) is 1.75. The molecule has 0 aromatic carbocycles. The van der Waals surface area contributed by atoms with Gasteiger partial charge in [0.05, 0.1) is 0 Å². The molecule has 0 rings (SSSR count). The second-order valence-corrected chi connectivity index (χ2v) is 1.19. The number of carbonyl (C=O) groups excluding carboxylic acids is 3. The average molecular weight is 143 g/mol. The smallest absolute Gasteiger partial charge is 0.262 e. The molecule has 40 valence electrons. The number of hydrogen-bond donors (Lipinski definition) is 0. The summed E-state index contributed by atoms with van der Waals surface area (Å²) in [6.45, 7) is 0. The predicted molar refractivity (Wildman–Crippen MR) is 22.1 cm³/mol. The molecule has 0 N–H and O–H groups in total. The predicted octanol–water partition coefficient (Wildman–Crippen LogP) is 1.00. The first-order chi connectivity index (χ1) is 3.15. The van der Waals surface area contributed by atoms with Crippen LogP contribution in [0.1, 0.15) is 0 Å². The van der Waals surface area contributed by atoms with Crippen molar-refractivity contribution in [2.45, 2.75) is 0 Å². The van der Waals surface area contributed by atoms with Gasteiger partial charge in [0.25, 0.3) is 0 Å². The number of hydrogen-bond acceptors (Lipinski definition) is 3. The zero-order valence-corrected chi connectivity index (χ0v) is 4.49. The normalized spacial score (nSPS) is 4.86. The molecule has 0 heterocycles. The summed E-state index contributed by atoms with van der Waals surface area (Å²) in [4.78, 5) is 25.2. The summed E-state index contributed by atoms with van der Waals surface area (Å²) in [7, 11) is 0. The number of rotatable bonds is 0. The van der Waals surface area contributed by atoms with Gasteiger partial charge in [-0.2, -0.15) is 9.59 Å². The Morgan fingerprint density at radius 2 is 1.29 bits per heavy atom. The van der Waals surface area contributed by atoms with Gasteiger partial charge in [0.1, 0.15) is 0 Å². The zero-order chi connectivity index (χ0) is 6.28. The summed E-state index contributed by atoms with van der Waals surface area (Å²) in [6, 6.07) is 0. The minimum atomic E-state index is -0.889. The van der Waals surface area contributed by atoms with Crippen LogP contribution >= 0.6 is 23.2 Å². The SMILES string of the molecule is O=C(Cl)Cl.O=C=O. The van der Waals surface area contributed by atoms with Crippen LogP contribution in [-0.2, 0) is 9.59 Å². The average Bonchev–Trinajstić information content (AvgIpc) is 1.33. The second kappa shape index (κ2) is 9.16. The Morgan fingerprint density at radius 1 is 1.29 bits per heavy atom. The Labute approximate surface area is 49.2 Å². The molecule has 3 nitrogen and oxygen atoms in total. The van der Waals surface area contributed by atoms with E-state index >= 15 is 0 Å².